The molecule has 1 heterocycles. The zero-order valence-electron chi connectivity index (χ0n) is 23.1. The lowest BCUT2D eigenvalue weighted by Crippen LogP contribution is -2.36. The Hall–Kier alpha value is -4.36. The van der Waals surface area contributed by atoms with E-state index >= 15 is 0 Å². The summed E-state index contributed by atoms with van der Waals surface area (Å²) in [7, 11) is 1.87. The molecule has 2 atom stereocenters. The molecule has 40 heavy (non-hydrogen) atoms. The Kier molecular flexibility index (Phi) is 10.5. The summed E-state index contributed by atoms with van der Waals surface area (Å²) in [5.41, 5.74) is 10.4. The number of benzene rings is 3. The highest BCUT2D eigenvalue weighted by atomic mass is 16.2. The molecule has 0 aliphatic heterocycles. The van der Waals surface area contributed by atoms with Crippen molar-refractivity contribution in [3.05, 3.63) is 126 Å². The minimum absolute atomic E-state index is 0.121. The van der Waals surface area contributed by atoms with Crippen molar-refractivity contribution in [2.45, 2.75) is 44.3 Å². The van der Waals surface area contributed by atoms with Crippen LogP contribution in [0.1, 0.15) is 58.5 Å². The molecule has 0 aliphatic carbocycles. The van der Waals surface area contributed by atoms with E-state index < -0.39 is 6.04 Å². The first kappa shape index (κ1) is 28.6. The molecule has 4 aromatic rings. The van der Waals surface area contributed by atoms with E-state index in [1.54, 1.807) is 10.6 Å². The standard InChI is InChI=1S/C33H39N5O2/c1-35-28-19-17-26(18-20-28)24-36-32(39)30(15-8-9-21-34)38-22-10-16-31(38)33(40)37-29(27-13-6-3-7-14-27)23-25-11-4-2-5-12-25/h2-7,10-14,16-20,22,29-30,35H,8-9,15,21,23-24,34H2,1H3,(H,36,39)(H,37,40)/t29?,30-/m1/s1. The summed E-state index contributed by atoms with van der Waals surface area (Å²) in [6.07, 6.45) is 4.65. The van der Waals surface area contributed by atoms with E-state index in [2.05, 4.69) is 28.1 Å². The van der Waals surface area contributed by atoms with Crippen molar-refractivity contribution in [3.8, 4) is 0 Å². The van der Waals surface area contributed by atoms with Crippen molar-refractivity contribution < 1.29 is 9.59 Å². The molecule has 0 aliphatic rings. The van der Waals surface area contributed by atoms with Crippen LogP contribution in [0.4, 0.5) is 5.69 Å². The van der Waals surface area contributed by atoms with E-state index in [1.807, 2.05) is 92.1 Å². The first-order chi connectivity index (χ1) is 19.6. The molecule has 5 N–H and O–H groups in total. The molecule has 3 aromatic carbocycles. The van der Waals surface area contributed by atoms with Gasteiger partial charge in [0, 0.05) is 25.5 Å². The largest absolute Gasteiger partial charge is 0.388 e. The molecule has 2 amide bonds. The molecule has 1 unspecified atom stereocenters. The van der Waals surface area contributed by atoms with Crippen LogP contribution in [0.5, 0.6) is 0 Å². The zero-order valence-corrected chi connectivity index (χ0v) is 23.1. The Morgan fingerprint density at radius 3 is 2.20 bits per heavy atom. The van der Waals surface area contributed by atoms with E-state index in [0.717, 1.165) is 35.2 Å². The van der Waals surface area contributed by atoms with Crippen LogP contribution in [-0.2, 0) is 17.8 Å². The lowest BCUT2D eigenvalue weighted by atomic mass is 9.98. The maximum Gasteiger partial charge on any atom is 0.268 e. The number of hydrogen-bond acceptors (Lipinski definition) is 4. The average molecular weight is 538 g/mol. The van der Waals surface area contributed by atoms with E-state index in [0.29, 0.717) is 31.6 Å². The number of carbonyl (C=O) groups excluding carboxylic acids is 2. The zero-order chi connectivity index (χ0) is 28.2. The first-order valence-electron chi connectivity index (χ1n) is 13.9. The fraction of sp³-hybridized carbons (Fsp3) is 0.273. The first-order valence-corrected chi connectivity index (χ1v) is 13.9. The van der Waals surface area contributed by atoms with Gasteiger partial charge in [-0.25, -0.2) is 0 Å². The third-order valence-corrected chi connectivity index (χ3v) is 7.08. The average Bonchev–Trinajstić information content (AvgIpc) is 3.49. The van der Waals surface area contributed by atoms with Gasteiger partial charge in [0.1, 0.15) is 11.7 Å². The van der Waals surface area contributed by atoms with Gasteiger partial charge in [0.15, 0.2) is 0 Å². The minimum Gasteiger partial charge on any atom is -0.388 e. The maximum absolute atomic E-state index is 13.7. The number of hydrogen-bond donors (Lipinski definition) is 4. The summed E-state index contributed by atoms with van der Waals surface area (Å²) in [6, 6.07) is 30.9. The van der Waals surface area contributed by atoms with Gasteiger partial charge in [-0.15, -0.1) is 0 Å². The summed E-state index contributed by atoms with van der Waals surface area (Å²) < 4.78 is 1.80. The Morgan fingerprint density at radius 2 is 1.52 bits per heavy atom. The Labute approximate surface area is 236 Å². The number of rotatable bonds is 14. The topological polar surface area (TPSA) is 101 Å². The number of nitrogens with two attached hydrogens (primary N) is 1. The van der Waals surface area contributed by atoms with Crippen LogP contribution in [0.3, 0.4) is 0 Å². The van der Waals surface area contributed by atoms with Crippen LogP contribution in [0.15, 0.2) is 103 Å². The molecule has 0 spiro atoms. The third-order valence-electron chi connectivity index (χ3n) is 7.08. The normalized spacial score (nSPS) is 12.3. The van der Waals surface area contributed by atoms with Crippen LogP contribution in [0.2, 0.25) is 0 Å². The summed E-state index contributed by atoms with van der Waals surface area (Å²) in [6.45, 7) is 0.968. The number of nitrogens with zero attached hydrogens (tertiary/aromatic N) is 1. The maximum atomic E-state index is 13.7. The van der Waals surface area contributed by atoms with Crippen molar-refractivity contribution in [2.75, 3.05) is 18.9 Å². The number of aromatic nitrogens is 1. The number of unbranched alkanes of at least 4 members (excludes halogenated alkanes) is 1. The van der Waals surface area contributed by atoms with Crippen molar-refractivity contribution in [1.82, 2.24) is 15.2 Å². The number of amides is 2. The monoisotopic (exact) mass is 537 g/mol. The number of carbonyl (C=O) groups is 2. The number of nitrogens with one attached hydrogen (secondary N) is 3. The van der Waals surface area contributed by atoms with Gasteiger partial charge in [-0.3, -0.25) is 9.59 Å². The van der Waals surface area contributed by atoms with E-state index in [1.165, 1.54) is 0 Å². The summed E-state index contributed by atoms with van der Waals surface area (Å²) in [4.78, 5) is 27.2. The van der Waals surface area contributed by atoms with Crippen molar-refractivity contribution >= 4 is 17.5 Å². The van der Waals surface area contributed by atoms with Crippen molar-refractivity contribution in [2.24, 2.45) is 5.73 Å². The molecule has 7 nitrogen and oxygen atoms in total. The fourth-order valence-corrected chi connectivity index (χ4v) is 4.85. The van der Waals surface area contributed by atoms with Crippen LogP contribution in [0.25, 0.3) is 0 Å². The van der Waals surface area contributed by atoms with Gasteiger partial charge in [-0.2, -0.15) is 0 Å². The van der Waals surface area contributed by atoms with Gasteiger partial charge in [0.25, 0.3) is 5.91 Å². The molecule has 7 heteroatoms. The second-order valence-corrected chi connectivity index (χ2v) is 9.89. The van der Waals surface area contributed by atoms with Gasteiger partial charge in [0.05, 0.1) is 6.04 Å². The number of anilines is 1. The molecule has 0 radical (unpaired) electrons. The Bertz CT molecular complexity index is 1340. The molecule has 0 bridgehead atoms. The predicted molar refractivity (Wildman–Crippen MR) is 161 cm³/mol. The molecule has 208 valence electrons. The van der Waals surface area contributed by atoms with Crippen LogP contribution >= 0.6 is 0 Å². The molecular formula is C33H39N5O2. The van der Waals surface area contributed by atoms with Crippen LogP contribution < -0.4 is 21.7 Å². The smallest absolute Gasteiger partial charge is 0.268 e. The highest BCUT2D eigenvalue weighted by Gasteiger charge is 2.25. The molecular weight excluding hydrogens is 498 g/mol. The molecule has 0 saturated carbocycles. The summed E-state index contributed by atoms with van der Waals surface area (Å²) >= 11 is 0. The van der Waals surface area contributed by atoms with Gasteiger partial charge >= 0.3 is 0 Å². The van der Waals surface area contributed by atoms with Crippen molar-refractivity contribution in [3.63, 3.8) is 0 Å². The van der Waals surface area contributed by atoms with E-state index in [4.69, 9.17) is 5.73 Å². The SMILES string of the molecule is CNc1ccc(CNC(=O)[C@@H](CCCCN)n2cccc2C(=O)NC(Cc2ccccc2)c2ccccc2)cc1. The Morgan fingerprint density at radius 1 is 0.825 bits per heavy atom. The second kappa shape index (κ2) is 14.7. The minimum atomic E-state index is -0.525. The molecule has 0 fully saturated rings. The van der Waals surface area contributed by atoms with E-state index in [-0.39, 0.29) is 17.9 Å². The molecule has 0 saturated heterocycles. The molecule has 4 rings (SSSR count). The van der Waals surface area contributed by atoms with Gasteiger partial charge in [0.2, 0.25) is 5.91 Å². The quantitative estimate of drug-likeness (QED) is 0.166. The second-order valence-electron chi connectivity index (χ2n) is 9.89. The lowest BCUT2D eigenvalue weighted by Gasteiger charge is -2.23. The van der Waals surface area contributed by atoms with E-state index in [9.17, 15) is 9.59 Å². The third kappa shape index (κ3) is 7.83. The predicted octanol–water partition coefficient (Wildman–Crippen LogP) is 5.23. The lowest BCUT2D eigenvalue weighted by molar-refractivity contribution is -0.124. The summed E-state index contributed by atoms with van der Waals surface area (Å²) in [5, 5.41) is 9.41. The van der Waals surface area contributed by atoms with Gasteiger partial charge in [-0.05, 0) is 73.2 Å². The van der Waals surface area contributed by atoms with Gasteiger partial charge < -0.3 is 26.3 Å². The highest BCUT2D eigenvalue weighted by molar-refractivity contribution is 5.94. The van der Waals surface area contributed by atoms with Crippen molar-refractivity contribution in [1.29, 1.82) is 0 Å². The van der Waals surface area contributed by atoms with Gasteiger partial charge in [-0.1, -0.05) is 72.8 Å². The summed E-state index contributed by atoms with van der Waals surface area (Å²) in [5.74, 6) is -0.335. The van der Waals surface area contributed by atoms with Crippen LogP contribution in [0, 0.1) is 0 Å². The molecule has 1 aromatic heterocycles. The van der Waals surface area contributed by atoms with Crippen LogP contribution in [-0.4, -0.2) is 30.0 Å². The fourth-order valence-electron chi connectivity index (χ4n) is 4.85. The Balaban J connectivity index is 1.52. The highest BCUT2D eigenvalue weighted by Crippen LogP contribution is 2.23.